The van der Waals surface area contributed by atoms with Crippen LogP contribution in [0.25, 0.3) is 0 Å². The van der Waals surface area contributed by atoms with E-state index in [4.69, 9.17) is 23.7 Å². The first kappa shape index (κ1) is 33.9. The van der Waals surface area contributed by atoms with Crippen molar-refractivity contribution >= 4 is 17.9 Å². The Bertz CT molecular complexity index is 1350. The number of hydrogen-bond acceptors (Lipinski definition) is 8. The van der Waals surface area contributed by atoms with E-state index in [1.807, 2.05) is 56.3 Å². The highest BCUT2D eigenvalue weighted by Gasteiger charge is 2.42. The predicted octanol–water partition coefficient (Wildman–Crippen LogP) is 6.67. The molecule has 7 atom stereocenters. The highest BCUT2D eigenvalue weighted by atomic mass is 16.6. The van der Waals surface area contributed by atoms with Crippen molar-refractivity contribution in [2.24, 2.45) is 17.8 Å². The first-order valence-corrected chi connectivity index (χ1v) is 15.7. The van der Waals surface area contributed by atoms with Crippen LogP contribution in [-0.4, -0.2) is 56.0 Å². The molecule has 0 amide bonds. The summed E-state index contributed by atoms with van der Waals surface area (Å²) in [4.78, 5) is 38.2. The quantitative estimate of drug-likeness (QED) is 0.138. The van der Waals surface area contributed by atoms with E-state index in [2.05, 4.69) is 6.92 Å². The lowest BCUT2D eigenvalue weighted by molar-refractivity contribution is -0.152. The molecule has 1 heterocycles. The molecule has 3 aromatic rings. The molecule has 0 bridgehead atoms. The van der Waals surface area contributed by atoms with Crippen LogP contribution in [0.3, 0.4) is 0 Å². The summed E-state index contributed by atoms with van der Waals surface area (Å²) in [6.45, 7) is 6.32. The van der Waals surface area contributed by atoms with Crippen LogP contribution < -0.4 is 0 Å². The van der Waals surface area contributed by atoms with E-state index in [0.29, 0.717) is 17.7 Å². The lowest BCUT2D eigenvalue weighted by Gasteiger charge is -2.37. The van der Waals surface area contributed by atoms with E-state index < -0.39 is 18.0 Å². The summed E-state index contributed by atoms with van der Waals surface area (Å²) >= 11 is 0. The highest BCUT2D eigenvalue weighted by molar-refractivity contribution is 5.90. The average Bonchev–Trinajstić information content (AvgIpc) is 3.58. The average molecular weight is 617 g/mol. The maximum atomic E-state index is 13.3. The number of hydrogen-bond donors (Lipinski definition) is 0. The summed E-state index contributed by atoms with van der Waals surface area (Å²) in [6, 6.07) is 27.5. The molecule has 8 heteroatoms. The Balaban J connectivity index is 1.54. The van der Waals surface area contributed by atoms with Crippen LogP contribution in [0, 0.1) is 17.8 Å². The molecule has 8 nitrogen and oxygen atoms in total. The number of ether oxygens (including phenoxy) is 5. The molecule has 0 N–H and O–H groups in total. The van der Waals surface area contributed by atoms with Crippen molar-refractivity contribution in [1.82, 2.24) is 0 Å². The molecule has 45 heavy (non-hydrogen) atoms. The van der Waals surface area contributed by atoms with Crippen molar-refractivity contribution in [2.45, 2.75) is 71.1 Å². The molecule has 0 spiro atoms. The Morgan fingerprint density at radius 3 is 1.93 bits per heavy atom. The van der Waals surface area contributed by atoms with Gasteiger partial charge in [-0.05, 0) is 49.6 Å². The fourth-order valence-corrected chi connectivity index (χ4v) is 5.89. The Labute approximate surface area is 266 Å². The van der Waals surface area contributed by atoms with Crippen LogP contribution >= 0.6 is 0 Å². The maximum Gasteiger partial charge on any atom is 0.338 e. The minimum absolute atomic E-state index is 0.0588. The molecule has 0 saturated carbocycles. The van der Waals surface area contributed by atoms with Crippen molar-refractivity contribution in [3.05, 3.63) is 108 Å². The summed E-state index contributed by atoms with van der Waals surface area (Å²) in [5.41, 5.74) is 1.90. The Morgan fingerprint density at radius 2 is 1.33 bits per heavy atom. The van der Waals surface area contributed by atoms with Gasteiger partial charge in [0.15, 0.2) is 0 Å². The van der Waals surface area contributed by atoms with Gasteiger partial charge in [-0.25, -0.2) is 9.59 Å². The number of carbonyl (C=O) groups excluding carboxylic acids is 3. The molecular weight excluding hydrogens is 572 g/mol. The smallest absolute Gasteiger partial charge is 0.338 e. The van der Waals surface area contributed by atoms with Crippen molar-refractivity contribution in [3.8, 4) is 0 Å². The van der Waals surface area contributed by atoms with E-state index in [1.165, 1.54) is 7.11 Å². The van der Waals surface area contributed by atoms with Gasteiger partial charge in [0.05, 0.1) is 55.7 Å². The second kappa shape index (κ2) is 16.9. The highest BCUT2D eigenvalue weighted by Crippen LogP contribution is 2.36. The molecule has 1 aliphatic rings. The number of esters is 3. The van der Waals surface area contributed by atoms with Gasteiger partial charge in [0.1, 0.15) is 6.10 Å². The van der Waals surface area contributed by atoms with Crippen LogP contribution in [0.4, 0.5) is 0 Å². The molecule has 240 valence electrons. The normalized spacial score (nSPS) is 19.5. The van der Waals surface area contributed by atoms with E-state index in [-0.39, 0.29) is 55.1 Å². The van der Waals surface area contributed by atoms with E-state index >= 15 is 0 Å². The molecule has 3 aromatic carbocycles. The van der Waals surface area contributed by atoms with Crippen LogP contribution in [0.5, 0.6) is 0 Å². The van der Waals surface area contributed by atoms with Gasteiger partial charge in [0.25, 0.3) is 0 Å². The second-order valence-electron chi connectivity index (χ2n) is 11.7. The molecule has 1 fully saturated rings. The molecule has 0 radical (unpaired) electrons. The van der Waals surface area contributed by atoms with Gasteiger partial charge in [-0.1, -0.05) is 80.6 Å². The summed E-state index contributed by atoms with van der Waals surface area (Å²) in [5.74, 6) is -1.98. The monoisotopic (exact) mass is 616 g/mol. The van der Waals surface area contributed by atoms with E-state index in [1.54, 1.807) is 48.5 Å². The standard InChI is InChI=1S/C37H44O8/c1-25(31-20-21-32(44-31)27(3)35(38)41-4)34(43-24-28-14-8-5-9-15-28)26(2)33(45-37(40)30-18-12-7-13-19-30)22-23-42-36(39)29-16-10-6-11-17-29/h5-19,25-27,31-34H,20-24H2,1-4H3/t25-,26-,27-,31+,32-,33-,34-/m1/s1. The van der Waals surface area contributed by atoms with Gasteiger partial charge in [-0.15, -0.1) is 0 Å². The van der Waals surface area contributed by atoms with Crippen molar-refractivity contribution in [1.29, 1.82) is 0 Å². The minimum atomic E-state index is -0.629. The van der Waals surface area contributed by atoms with Crippen LogP contribution in [0.2, 0.25) is 0 Å². The van der Waals surface area contributed by atoms with Crippen molar-refractivity contribution in [2.75, 3.05) is 13.7 Å². The van der Waals surface area contributed by atoms with Crippen LogP contribution in [0.1, 0.15) is 66.3 Å². The number of rotatable bonds is 15. The van der Waals surface area contributed by atoms with Gasteiger partial charge in [-0.3, -0.25) is 4.79 Å². The first-order valence-electron chi connectivity index (χ1n) is 15.7. The van der Waals surface area contributed by atoms with Gasteiger partial charge < -0.3 is 23.7 Å². The fourth-order valence-electron chi connectivity index (χ4n) is 5.89. The van der Waals surface area contributed by atoms with Crippen molar-refractivity contribution in [3.63, 3.8) is 0 Å². The van der Waals surface area contributed by atoms with E-state index in [9.17, 15) is 14.4 Å². The molecule has 4 rings (SSSR count). The van der Waals surface area contributed by atoms with Gasteiger partial charge >= 0.3 is 17.9 Å². The number of benzene rings is 3. The van der Waals surface area contributed by atoms with E-state index in [0.717, 1.165) is 18.4 Å². The fraction of sp³-hybridized carbons (Fsp3) is 0.432. The van der Waals surface area contributed by atoms with Gasteiger partial charge in [-0.2, -0.15) is 0 Å². The zero-order valence-corrected chi connectivity index (χ0v) is 26.5. The Kier molecular flexibility index (Phi) is 12.7. The van der Waals surface area contributed by atoms with Crippen LogP contribution in [0.15, 0.2) is 91.0 Å². The van der Waals surface area contributed by atoms with Gasteiger partial charge in [0, 0.05) is 18.3 Å². The Morgan fingerprint density at radius 1 is 0.778 bits per heavy atom. The minimum Gasteiger partial charge on any atom is -0.469 e. The first-order chi connectivity index (χ1) is 21.8. The molecule has 0 aliphatic carbocycles. The zero-order chi connectivity index (χ0) is 32.2. The topological polar surface area (TPSA) is 97.4 Å². The molecular formula is C37H44O8. The lowest BCUT2D eigenvalue weighted by atomic mass is 9.84. The number of carbonyl (C=O) groups is 3. The van der Waals surface area contributed by atoms with Gasteiger partial charge in [0.2, 0.25) is 0 Å². The zero-order valence-electron chi connectivity index (χ0n) is 26.5. The summed E-state index contributed by atoms with van der Waals surface area (Å²) in [7, 11) is 1.39. The second-order valence-corrected chi connectivity index (χ2v) is 11.7. The molecule has 0 aromatic heterocycles. The third-order valence-electron chi connectivity index (χ3n) is 8.62. The number of methoxy groups -OCH3 is 1. The van der Waals surface area contributed by atoms with Crippen molar-refractivity contribution < 1.29 is 38.1 Å². The predicted molar refractivity (Wildman–Crippen MR) is 169 cm³/mol. The molecule has 0 unspecified atom stereocenters. The third-order valence-corrected chi connectivity index (χ3v) is 8.62. The largest absolute Gasteiger partial charge is 0.469 e. The summed E-state index contributed by atoms with van der Waals surface area (Å²) in [5, 5.41) is 0. The summed E-state index contributed by atoms with van der Waals surface area (Å²) in [6.07, 6.45) is 0.326. The van der Waals surface area contributed by atoms with Crippen LogP contribution in [-0.2, 0) is 35.1 Å². The Hall–Kier alpha value is -4.01. The summed E-state index contributed by atoms with van der Waals surface area (Å²) < 4.78 is 29.7. The SMILES string of the molecule is COC(=O)[C@H](C)[C@H]1CC[C@@H]([C@@H](C)[C@@H](OCc2ccccc2)[C@H](C)[C@@H](CCOC(=O)c2ccccc2)OC(=O)c2ccccc2)O1. The molecule has 1 aliphatic heterocycles. The lowest BCUT2D eigenvalue weighted by Crippen LogP contribution is -2.43. The maximum absolute atomic E-state index is 13.3. The third kappa shape index (κ3) is 9.49. The molecule has 1 saturated heterocycles.